The Balaban J connectivity index is 1.63. The molecule has 0 aliphatic carbocycles. The number of fused-ring (bicyclic) bond motifs is 2. The molecule has 0 saturated heterocycles. The first-order valence-corrected chi connectivity index (χ1v) is 9.77. The second-order valence-corrected chi connectivity index (χ2v) is 8.21. The standard InChI is InChI=1S/C16H15NO4S2/c18-23(19,13-4-6-16-11(8-13)2-1-7-22-16)17-12-3-5-14-15(9-12)21-10-20-14/h3-6,8-9,17H,1-2,7,10H2. The van der Waals surface area contributed by atoms with Crippen LogP contribution in [0.1, 0.15) is 12.0 Å². The molecule has 7 heteroatoms. The van der Waals surface area contributed by atoms with Gasteiger partial charge in [0.1, 0.15) is 0 Å². The molecule has 0 unspecified atom stereocenters. The number of benzene rings is 2. The number of nitrogens with one attached hydrogen (secondary N) is 1. The summed E-state index contributed by atoms with van der Waals surface area (Å²) in [6.07, 6.45) is 2.01. The molecular weight excluding hydrogens is 334 g/mol. The number of hydrogen-bond acceptors (Lipinski definition) is 5. The molecule has 1 N–H and O–H groups in total. The van der Waals surface area contributed by atoms with Crippen molar-refractivity contribution in [3.05, 3.63) is 42.0 Å². The summed E-state index contributed by atoms with van der Waals surface area (Å²) in [4.78, 5) is 1.47. The molecule has 4 rings (SSSR count). The van der Waals surface area contributed by atoms with Gasteiger partial charge in [-0.25, -0.2) is 8.42 Å². The summed E-state index contributed by atoms with van der Waals surface area (Å²) in [6, 6.07) is 10.3. The second kappa shape index (κ2) is 5.65. The van der Waals surface area contributed by atoms with Gasteiger partial charge in [0, 0.05) is 11.0 Å². The Morgan fingerprint density at radius 3 is 2.83 bits per heavy atom. The molecule has 2 aliphatic heterocycles. The van der Waals surface area contributed by atoms with E-state index < -0.39 is 10.0 Å². The number of anilines is 1. The SMILES string of the molecule is O=S(=O)(Nc1ccc2c(c1)OCO2)c1ccc2c(c1)CCCS2. The highest BCUT2D eigenvalue weighted by molar-refractivity contribution is 7.99. The largest absolute Gasteiger partial charge is 0.454 e. The maximum absolute atomic E-state index is 12.6. The van der Waals surface area contributed by atoms with E-state index in [2.05, 4.69) is 4.72 Å². The van der Waals surface area contributed by atoms with Gasteiger partial charge in [-0.2, -0.15) is 0 Å². The van der Waals surface area contributed by atoms with E-state index in [0.717, 1.165) is 24.2 Å². The van der Waals surface area contributed by atoms with Gasteiger partial charge >= 0.3 is 0 Å². The Labute approximate surface area is 139 Å². The van der Waals surface area contributed by atoms with Crippen LogP contribution < -0.4 is 14.2 Å². The Morgan fingerprint density at radius 1 is 1.04 bits per heavy atom. The first kappa shape index (κ1) is 14.7. The Bertz CT molecular complexity index is 864. The highest BCUT2D eigenvalue weighted by atomic mass is 32.2. The molecule has 0 saturated carbocycles. The molecule has 0 aromatic heterocycles. The quantitative estimate of drug-likeness (QED) is 0.921. The zero-order valence-electron chi connectivity index (χ0n) is 12.2. The van der Waals surface area contributed by atoms with Gasteiger partial charge in [0.05, 0.1) is 10.6 Å². The minimum absolute atomic E-state index is 0.161. The third-order valence-electron chi connectivity index (χ3n) is 3.82. The fourth-order valence-corrected chi connectivity index (χ4v) is 4.80. The lowest BCUT2D eigenvalue weighted by Gasteiger charge is -2.16. The molecular formula is C16H15NO4S2. The van der Waals surface area contributed by atoms with Gasteiger partial charge in [-0.05, 0) is 54.5 Å². The van der Waals surface area contributed by atoms with Crippen molar-refractivity contribution in [2.24, 2.45) is 0 Å². The van der Waals surface area contributed by atoms with Crippen molar-refractivity contribution in [2.75, 3.05) is 17.3 Å². The van der Waals surface area contributed by atoms with Gasteiger partial charge in [-0.15, -0.1) is 11.8 Å². The molecule has 0 spiro atoms. The van der Waals surface area contributed by atoms with Crippen LogP contribution in [0.3, 0.4) is 0 Å². The maximum atomic E-state index is 12.6. The van der Waals surface area contributed by atoms with Crippen molar-refractivity contribution in [3.8, 4) is 11.5 Å². The van der Waals surface area contributed by atoms with Crippen LogP contribution in [-0.4, -0.2) is 21.0 Å². The van der Waals surface area contributed by atoms with Crippen molar-refractivity contribution in [2.45, 2.75) is 22.6 Å². The summed E-state index contributed by atoms with van der Waals surface area (Å²) in [7, 11) is -3.62. The zero-order chi connectivity index (χ0) is 15.9. The average molecular weight is 349 g/mol. The first-order valence-electron chi connectivity index (χ1n) is 7.30. The van der Waals surface area contributed by atoms with Gasteiger partial charge < -0.3 is 9.47 Å². The van der Waals surface area contributed by atoms with Gasteiger partial charge in [-0.3, -0.25) is 4.72 Å². The number of thioether (sulfide) groups is 1. The fraction of sp³-hybridized carbons (Fsp3) is 0.250. The Hall–Kier alpha value is -1.86. The predicted molar refractivity (Wildman–Crippen MR) is 88.9 cm³/mol. The lowest BCUT2D eigenvalue weighted by Crippen LogP contribution is -2.13. The first-order chi connectivity index (χ1) is 11.1. The summed E-state index contributed by atoms with van der Waals surface area (Å²) < 4.78 is 38.3. The highest BCUT2D eigenvalue weighted by Crippen LogP contribution is 2.35. The number of sulfonamides is 1. The molecule has 120 valence electrons. The molecule has 5 nitrogen and oxygen atoms in total. The minimum atomic E-state index is -3.62. The molecule has 2 aromatic carbocycles. The van der Waals surface area contributed by atoms with Gasteiger partial charge in [0.2, 0.25) is 6.79 Å². The molecule has 23 heavy (non-hydrogen) atoms. The Morgan fingerprint density at radius 2 is 1.91 bits per heavy atom. The molecule has 0 bridgehead atoms. The fourth-order valence-electron chi connectivity index (χ4n) is 2.68. The topological polar surface area (TPSA) is 64.6 Å². The minimum Gasteiger partial charge on any atom is -0.454 e. The number of hydrogen-bond donors (Lipinski definition) is 1. The summed E-state index contributed by atoms with van der Waals surface area (Å²) in [5, 5.41) is 0. The Kier molecular flexibility index (Phi) is 3.61. The molecule has 2 aromatic rings. The van der Waals surface area contributed by atoms with E-state index in [-0.39, 0.29) is 11.7 Å². The van der Waals surface area contributed by atoms with E-state index in [0.29, 0.717) is 17.2 Å². The number of rotatable bonds is 3. The number of aryl methyl sites for hydroxylation is 1. The molecule has 2 heterocycles. The van der Waals surface area contributed by atoms with Crippen LogP contribution in [0.4, 0.5) is 5.69 Å². The predicted octanol–water partition coefficient (Wildman–Crippen LogP) is 3.25. The molecule has 0 fully saturated rings. The van der Waals surface area contributed by atoms with Crippen molar-refractivity contribution in [3.63, 3.8) is 0 Å². The number of ether oxygens (including phenoxy) is 2. The van der Waals surface area contributed by atoms with E-state index in [1.807, 2.05) is 6.07 Å². The zero-order valence-corrected chi connectivity index (χ0v) is 13.9. The smallest absolute Gasteiger partial charge is 0.261 e. The summed E-state index contributed by atoms with van der Waals surface area (Å²) in [6.45, 7) is 0.161. The van der Waals surface area contributed by atoms with Gasteiger partial charge in [-0.1, -0.05) is 0 Å². The van der Waals surface area contributed by atoms with Crippen LogP contribution in [0, 0.1) is 0 Å². The highest BCUT2D eigenvalue weighted by Gasteiger charge is 2.20. The third-order valence-corrected chi connectivity index (χ3v) is 6.40. The van der Waals surface area contributed by atoms with Crippen LogP contribution in [0.15, 0.2) is 46.2 Å². The van der Waals surface area contributed by atoms with Crippen LogP contribution in [0.25, 0.3) is 0 Å². The second-order valence-electron chi connectivity index (χ2n) is 5.40. The molecule has 2 aliphatic rings. The summed E-state index contributed by atoms with van der Waals surface area (Å²) in [5.74, 6) is 2.26. The normalized spacial score (nSPS) is 16.0. The third kappa shape index (κ3) is 2.86. The van der Waals surface area contributed by atoms with Crippen LogP contribution in [-0.2, 0) is 16.4 Å². The van der Waals surface area contributed by atoms with Crippen LogP contribution >= 0.6 is 11.8 Å². The lowest BCUT2D eigenvalue weighted by atomic mass is 10.1. The van der Waals surface area contributed by atoms with E-state index >= 15 is 0 Å². The van der Waals surface area contributed by atoms with Crippen LogP contribution in [0.2, 0.25) is 0 Å². The van der Waals surface area contributed by atoms with E-state index in [1.165, 1.54) is 4.90 Å². The summed E-state index contributed by atoms with van der Waals surface area (Å²) in [5.41, 5.74) is 1.57. The van der Waals surface area contributed by atoms with Crippen molar-refractivity contribution in [1.29, 1.82) is 0 Å². The molecule has 0 radical (unpaired) electrons. The monoisotopic (exact) mass is 349 g/mol. The summed E-state index contributed by atoms with van der Waals surface area (Å²) >= 11 is 1.78. The van der Waals surface area contributed by atoms with Crippen molar-refractivity contribution >= 4 is 27.5 Å². The van der Waals surface area contributed by atoms with Gasteiger partial charge in [0.25, 0.3) is 10.0 Å². The molecule has 0 amide bonds. The van der Waals surface area contributed by atoms with Gasteiger partial charge in [0.15, 0.2) is 11.5 Å². The molecule has 0 atom stereocenters. The van der Waals surface area contributed by atoms with E-state index in [4.69, 9.17) is 9.47 Å². The lowest BCUT2D eigenvalue weighted by molar-refractivity contribution is 0.174. The van der Waals surface area contributed by atoms with Crippen molar-refractivity contribution < 1.29 is 17.9 Å². The van der Waals surface area contributed by atoms with Crippen molar-refractivity contribution in [1.82, 2.24) is 0 Å². The maximum Gasteiger partial charge on any atom is 0.261 e. The van der Waals surface area contributed by atoms with E-state index in [1.54, 1.807) is 42.1 Å². The van der Waals surface area contributed by atoms with E-state index in [9.17, 15) is 8.42 Å². The average Bonchev–Trinajstić information content (AvgIpc) is 3.01. The van der Waals surface area contributed by atoms with Crippen LogP contribution in [0.5, 0.6) is 11.5 Å².